The molecule has 1 amide bonds. The van der Waals surface area contributed by atoms with Gasteiger partial charge in [-0.2, -0.15) is 0 Å². The van der Waals surface area contributed by atoms with Crippen LogP contribution in [0.4, 0.5) is 4.39 Å². The fraction of sp³-hybridized carbons (Fsp3) is 0.333. The van der Waals surface area contributed by atoms with Crippen molar-refractivity contribution in [1.82, 2.24) is 15.2 Å². The van der Waals surface area contributed by atoms with Gasteiger partial charge in [0.2, 0.25) is 0 Å². The van der Waals surface area contributed by atoms with Gasteiger partial charge in [-0.15, -0.1) is 11.3 Å². The average Bonchev–Trinajstić information content (AvgIpc) is 2.96. The van der Waals surface area contributed by atoms with E-state index in [2.05, 4.69) is 17.2 Å². The molecule has 3 rings (SSSR count). The lowest BCUT2D eigenvalue weighted by atomic mass is 10.2. The summed E-state index contributed by atoms with van der Waals surface area (Å²) in [5, 5.41) is 3.84. The van der Waals surface area contributed by atoms with Gasteiger partial charge in [-0.25, -0.2) is 9.37 Å². The van der Waals surface area contributed by atoms with Crippen LogP contribution in [0.1, 0.15) is 16.6 Å². The first-order valence-electron chi connectivity index (χ1n) is 6.88. The van der Waals surface area contributed by atoms with Gasteiger partial charge < -0.3 is 10.2 Å². The van der Waals surface area contributed by atoms with E-state index in [-0.39, 0.29) is 11.7 Å². The van der Waals surface area contributed by atoms with Gasteiger partial charge in [-0.05, 0) is 19.1 Å². The standard InChI is InChI=1S/C15H16FN3OS/c1-10-9-19(7-6-17-10)15(20)13-8-18-14(21-13)11-4-2-3-5-12(11)16/h2-5,8,10,17H,6-7,9H2,1H3/t10-/m1/s1. The first-order chi connectivity index (χ1) is 10.1. The van der Waals surface area contributed by atoms with Crippen molar-refractivity contribution in [2.75, 3.05) is 19.6 Å². The van der Waals surface area contributed by atoms with E-state index in [1.165, 1.54) is 17.4 Å². The van der Waals surface area contributed by atoms with Crippen LogP contribution in [0.2, 0.25) is 0 Å². The second-order valence-corrected chi connectivity index (χ2v) is 6.15. The number of benzene rings is 1. The van der Waals surface area contributed by atoms with E-state index >= 15 is 0 Å². The van der Waals surface area contributed by atoms with Gasteiger partial charge >= 0.3 is 0 Å². The van der Waals surface area contributed by atoms with Crippen LogP contribution in [0.3, 0.4) is 0 Å². The molecule has 6 heteroatoms. The monoisotopic (exact) mass is 305 g/mol. The minimum absolute atomic E-state index is 0.0246. The van der Waals surface area contributed by atoms with Crippen molar-refractivity contribution >= 4 is 17.2 Å². The highest BCUT2D eigenvalue weighted by atomic mass is 32.1. The smallest absolute Gasteiger partial charge is 0.265 e. The number of nitrogens with zero attached hydrogens (tertiary/aromatic N) is 2. The molecule has 1 saturated heterocycles. The molecule has 0 unspecified atom stereocenters. The van der Waals surface area contributed by atoms with Crippen LogP contribution in [-0.2, 0) is 0 Å². The number of rotatable bonds is 2. The number of carbonyl (C=O) groups is 1. The molecule has 21 heavy (non-hydrogen) atoms. The summed E-state index contributed by atoms with van der Waals surface area (Å²) in [5.41, 5.74) is 0.440. The lowest BCUT2D eigenvalue weighted by Crippen LogP contribution is -2.51. The number of hydrogen-bond acceptors (Lipinski definition) is 4. The summed E-state index contributed by atoms with van der Waals surface area (Å²) in [6, 6.07) is 6.77. The van der Waals surface area contributed by atoms with Gasteiger partial charge in [-0.3, -0.25) is 4.79 Å². The summed E-state index contributed by atoms with van der Waals surface area (Å²) in [7, 11) is 0. The lowest BCUT2D eigenvalue weighted by Gasteiger charge is -2.31. The topological polar surface area (TPSA) is 45.2 Å². The van der Waals surface area contributed by atoms with Crippen molar-refractivity contribution in [3.8, 4) is 10.6 Å². The molecule has 1 atom stereocenters. The molecule has 1 aliphatic rings. The highest BCUT2D eigenvalue weighted by molar-refractivity contribution is 7.16. The second-order valence-electron chi connectivity index (χ2n) is 5.12. The molecule has 2 aromatic rings. The van der Waals surface area contributed by atoms with E-state index in [4.69, 9.17) is 0 Å². The van der Waals surface area contributed by atoms with Crippen molar-refractivity contribution in [1.29, 1.82) is 0 Å². The summed E-state index contributed by atoms with van der Waals surface area (Å²) < 4.78 is 13.8. The van der Waals surface area contributed by atoms with Crippen LogP contribution >= 0.6 is 11.3 Å². The van der Waals surface area contributed by atoms with Crippen molar-refractivity contribution in [3.05, 3.63) is 41.2 Å². The van der Waals surface area contributed by atoms with E-state index in [0.29, 0.717) is 34.6 Å². The summed E-state index contributed by atoms with van der Waals surface area (Å²) in [5.74, 6) is -0.343. The van der Waals surface area contributed by atoms with E-state index in [1.807, 2.05) is 4.90 Å². The zero-order valence-corrected chi connectivity index (χ0v) is 12.5. The van der Waals surface area contributed by atoms with E-state index < -0.39 is 0 Å². The summed E-state index contributed by atoms with van der Waals surface area (Å²) in [6.45, 7) is 4.23. The number of thiazole rings is 1. The Hall–Kier alpha value is -1.79. The number of piperazine rings is 1. The van der Waals surface area contributed by atoms with Gasteiger partial charge in [0.25, 0.3) is 5.91 Å². The van der Waals surface area contributed by atoms with Crippen molar-refractivity contribution in [3.63, 3.8) is 0 Å². The Bertz CT molecular complexity index is 658. The Kier molecular flexibility index (Phi) is 3.98. The molecule has 0 bridgehead atoms. The van der Waals surface area contributed by atoms with Gasteiger partial charge in [0.1, 0.15) is 15.7 Å². The number of nitrogens with one attached hydrogen (secondary N) is 1. The fourth-order valence-electron chi connectivity index (χ4n) is 2.40. The third-order valence-corrected chi connectivity index (χ3v) is 4.50. The maximum Gasteiger partial charge on any atom is 0.265 e. The fourth-order valence-corrected chi connectivity index (χ4v) is 3.32. The number of aromatic nitrogens is 1. The number of carbonyl (C=O) groups excluding carboxylic acids is 1. The normalized spacial score (nSPS) is 18.8. The van der Waals surface area contributed by atoms with Gasteiger partial charge in [-0.1, -0.05) is 12.1 Å². The van der Waals surface area contributed by atoms with Gasteiger partial charge in [0.05, 0.1) is 6.20 Å². The second kappa shape index (κ2) is 5.91. The minimum atomic E-state index is -0.318. The molecule has 0 spiro atoms. The Morgan fingerprint density at radius 2 is 2.29 bits per heavy atom. The van der Waals surface area contributed by atoms with Gasteiger partial charge in [0, 0.05) is 31.2 Å². The molecule has 1 fully saturated rings. The zero-order valence-electron chi connectivity index (χ0n) is 11.7. The molecule has 1 aliphatic heterocycles. The molecular weight excluding hydrogens is 289 g/mol. The maximum atomic E-state index is 13.8. The van der Waals surface area contributed by atoms with Crippen LogP contribution < -0.4 is 5.32 Å². The highest BCUT2D eigenvalue weighted by Gasteiger charge is 2.23. The van der Waals surface area contributed by atoms with E-state index in [9.17, 15) is 9.18 Å². The first kappa shape index (κ1) is 14.2. The summed E-state index contributed by atoms with van der Waals surface area (Å²) in [4.78, 5) is 19.0. The van der Waals surface area contributed by atoms with Crippen LogP contribution in [0.25, 0.3) is 10.6 Å². The first-order valence-corrected chi connectivity index (χ1v) is 7.70. The predicted octanol–water partition coefficient (Wildman–Crippen LogP) is 2.38. The molecular formula is C15H16FN3OS. The number of amides is 1. The Balaban J connectivity index is 1.82. The Labute approximate surface area is 126 Å². The number of halogens is 1. The minimum Gasteiger partial charge on any atom is -0.335 e. The third-order valence-electron chi connectivity index (χ3n) is 3.48. The van der Waals surface area contributed by atoms with Crippen molar-refractivity contribution in [2.24, 2.45) is 0 Å². The molecule has 0 radical (unpaired) electrons. The Morgan fingerprint density at radius 1 is 1.48 bits per heavy atom. The predicted molar refractivity (Wildman–Crippen MR) is 80.9 cm³/mol. The lowest BCUT2D eigenvalue weighted by molar-refractivity contribution is 0.0714. The van der Waals surface area contributed by atoms with Crippen LogP contribution in [-0.4, -0.2) is 41.5 Å². The SMILES string of the molecule is C[C@@H]1CN(C(=O)c2cnc(-c3ccccc3F)s2)CCN1. The van der Waals surface area contributed by atoms with Crippen molar-refractivity contribution in [2.45, 2.75) is 13.0 Å². The molecule has 1 aromatic heterocycles. The maximum absolute atomic E-state index is 13.8. The quantitative estimate of drug-likeness (QED) is 0.926. The third kappa shape index (κ3) is 2.96. The van der Waals surface area contributed by atoms with Crippen LogP contribution in [0.5, 0.6) is 0 Å². The largest absolute Gasteiger partial charge is 0.335 e. The summed E-state index contributed by atoms with van der Waals surface area (Å²) >= 11 is 1.24. The average molecular weight is 305 g/mol. The molecule has 2 heterocycles. The van der Waals surface area contributed by atoms with Gasteiger partial charge in [0.15, 0.2) is 0 Å². The molecule has 1 aromatic carbocycles. The molecule has 0 aliphatic carbocycles. The van der Waals surface area contributed by atoms with E-state index in [0.717, 1.165) is 6.54 Å². The number of hydrogen-bond donors (Lipinski definition) is 1. The highest BCUT2D eigenvalue weighted by Crippen LogP contribution is 2.28. The van der Waals surface area contributed by atoms with E-state index in [1.54, 1.807) is 24.4 Å². The molecule has 4 nitrogen and oxygen atoms in total. The zero-order chi connectivity index (χ0) is 14.8. The molecule has 0 saturated carbocycles. The van der Waals surface area contributed by atoms with Crippen LogP contribution in [0.15, 0.2) is 30.5 Å². The molecule has 1 N–H and O–H groups in total. The van der Waals surface area contributed by atoms with Crippen LogP contribution in [0, 0.1) is 5.82 Å². The Morgan fingerprint density at radius 3 is 3.05 bits per heavy atom. The van der Waals surface area contributed by atoms with Crippen molar-refractivity contribution < 1.29 is 9.18 Å². The molecule has 110 valence electrons. The summed E-state index contributed by atoms with van der Waals surface area (Å²) in [6.07, 6.45) is 1.54.